The minimum absolute atomic E-state index is 0.110. The number of halogens is 1. The number of nitrogens with zero attached hydrogens (tertiary/aromatic N) is 5. The molecule has 218 valence electrons. The van der Waals surface area contributed by atoms with E-state index in [1.165, 1.54) is 0 Å². The van der Waals surface area contributed by atoms with Crippen LogP contribution in [0.25, 0.3) is 11.3 Å². The summed E-state index contributed by atoms with van der Waals surface area (Å²) in [6.45, 7) is 16.9. The predicted octanol–water partition coefficient (Wildman–Crippen LogP) is 5.73. The fourth-order valence-corrected chi connectivity index (χ4v) is 6.07. The van der Waals surface area contributed by atoms with Gasteiger partial charge < -0.3 is 24.5 Å². The number of hydrogen-bond donors (Lipinski definition) is 2. The van der Waals surface area contributed by atoms with Crippen molar-refractivity contribution in [2.24, 2.45) is 0 Å². The van der Waals surface area contributed by atoms with Crippen molar-refractivity contribution in [2.45, 2.75) is 63.9 Å². The largest absolute Gasteiger partial charge is 0.416 e. The van der Waals surface area contributed by atoms with E-state index in [0.717, 1.165) is 16.8 Å². The Labute approximate surface area is 247 Å². The van der Waals surface area contributed by atoms with Crippen molar-refractivity contribution in [1.29, 1.82) is 5.26 Å². The normalized spacial score (nSPS) is 20.8. The molecule has 0 amide bonds. The molecular weight excluding hydrogens is 558 g/mol. The topological polar surface area (TPSA) is 119 Å². The molecule has 2 atom stereocenters. The van der Waals surface area contributed by atoms with Gasteiger partial charge >= 0.3 is 0 Å². The number of anilines is 3. The average molecular weight is 596 g/mol. The van der Waals surface area contributed by atoms with E-state index < -0.39 is 8.32 Å². The summed E-state index contributed by atoms with van der Waals surface area (Å²) in [5.41, 5.74) is 3.78. The van der Waals surface area contributed by atoms with Gasteiger partial charge in [0.2, 0.25) is 5.95 Å². The molecule has 4 heterocycles. The van der Waals surface area contributed by atoms with Crippen LogP contribution in [0.15, 0.2) is 30.5 Å². The van der Waals surface area contributed by atoms with Crippen LogP contribution in [0.1, 0.15) is 38.8 Å². The maximum Gasteiger partial charge on any atom is 0.228 e. The highest BCUT2D eigenvalue weighted by Crippen LogP contribution is 2.44. The highest BCUT2D eigenvalue weighted by Gasteiger charge is 2.42. The Bertz CT molecular complexity index is 1460. The van der Waals surface area contributed by atoms with Crippen LogP contribution in [0.5, 0.6) is 0 Å². The van der Waals surface area contributed by atoms with Gasteiger partial charge in [0.1, 0.15) is 18.0 Å². The predicted molar refractivity (Wildman–Crippen MR) is 162 cm³/mol. The van der Waals surface area contributed by atoms with Crippen molar-refractivity contribution < 1.29 is 13.9 Å². The van der Waals surface area contributed by atoms with Gasteiger partial charge in [-0.25, -0.2) is 14.6 Å². The van der Waals surface area contributed by atoms with Gasteiger partial charge in [-0.2, -0.15) is 10.4 Å². The van der Waals surface area contributed by atoms with E-state index in [2.05, 4.69) is 73.6 Å². The Kier molecular flexibility index (Phi) is 8.15. The summed E-state index contributed by atoms with van der Waals surface area (Å²) in [6, 6.07) is 9.94. The Hall–Kier alpha value is -3.01. The van der Waals surface area contributed by atoms with E-state index in [1.807, 2.05) is 12.1 Å². The van der Waals surface area contributed by atoms with Gasteiger partial charge in [-0.15, -0.1) is 0 Å². The number of rotatable bonds is 8. The lowest BCUT2D eigenvalue weighted by Crippen LogP contribution is -2.45. The van der Waals surface area contributed by atoms with Crippen molar-refractivity contribution in [3.8, 4) is 17.3 Å². The van der Waals surface area contributed by atoms with E-state index in [4.69, 9.17) is 30.5 Å². The number of aromatic nitrogens is 4. The van der Waals surface area contributed by atoms with Crippen LogP contribution in [0.4, 0.5) is 17.5 Å². The van der Waals surface area contributed by atoms with Gasteiger partial charge in [0.25, 0.3) is 0 Å². The van der Waals surface area contributed by atoms with Crippen LogP contribution in [0, 0.1) is 11.3 Å². The fourth-order valence-electron chi connectivity index (χ4n) is 4.76. The second-order valence-electron chi connectivity index (χ2n) is 12.5. The smallest absolute Gasteiger partial charge is 0.228 e. The van der Waals surface area contributed by atoms with Crippen LogP contribution < -0.4 is 10.6 Å². The average Bonchev–Trinajstić information content (AvgIpc) is 3.45. The Balaban J connectivity index is 1.41. The van der Waals surface area contributed by atoms with E-state index in [1.54, 1.807) is 16.9 Å². The highest BCUT2D eigenvalue weighted by molar-refractivity contribution is 6.74. The van der Waals surface area contributed by atoms with Crippen molar-refractivity contribution in [3.05, 3.63) is 46.7 Å². The zero-order valence-electron chi connectivity index (χ0n) is 24.5. The number of nitrogens with one attached hydrogen (secondary N) is 2. The molecule has 12 heteroatoms. The van der Waals surface area contributed by atoms with Crippen molar-refractivity contribution in [1.82, 2.24) is 19.7 Å². The monoisotopic (exact) mass is 595 g/mol. The first-order valence-corrected chi connectivity index (χ1v) is 17.2. The lowest BCUT2D eigenvalue weighted by Gasteiger charge is -2.39. The van der Waals surface area contributed by atoms with Crippen molar-refractivity contribution in [3.63, 3.8) is 0 Å². The number of ether oxygens (including phenoxy) is 2. The second-order valence-corrected chi connectivity index (χ2v) is 17.7. The standard InChI is InChI=1S/C29H38ClN7O3Si/c1-28(2,3)41(5,6)40-18-29(4)17-33-26-20(14-31)11-19(12-22(26)29)23-7-8-32-27(34-23)35-25-13-24(30)36-37(25)15-21-16-38-9-10-39-21/h7-8,11-13,21,33H,9-10,15-18H2,1-6H3,(H,32,34,35)/t21-,29-/m1/s1. The number of fused-ring (bicyclic) bond motifs is 1. The molecule has 1 saturated heterocycles. The Morgan fingerprint density at radius 3 is 2.80 bits per heavy atom. The molecule has 0 radical (unpaired) electrons. The number of benzene rings is 1. The quantitative estimate of drug-likeness (QED) is 0.315. The van der Waals surface area contributed by atoms with Gasteiger partial charge in [-0.05, 0) is 41.9 Å². The second kappa shape index (κ2) is 11.3. The van der Waals surface area contributed by atoms with Gasteiger partial charge in [0.05, 0.1) is 43.3 Å². The maximum atomic E-state index is 10.0. The molecular formula is C29H38ClN7O3Si. The summed E-state index contributed by atoms with van der Waals surface area (Å²) >= 11 is 6.24. The minimum atomic E-state index is -1.96. The third-order valence-electron chi connectivity index (χ3n) is 8.33. The van der Waals surface area contributed by atoms with E-state index in [-0.39, 0.29) is 16.6 Å². The summed E-state index contributed by atoms with van der Waals surface area (Å²) in [4.78, 5) is 9.21. The Morgan fingerprint density at radius 1 is 1.29 bits per heavy atom. The lowest BCUT2D eigenvalue weighted by atomic mass is 9.83. The molecule has 41 heavy (non-hydrogen) atoms. The fraction of sp³-hybridized carbons (Fsp3) is 0.517. The molecule has 0 saturated carbocycles. The summed E-state index contributed by atoms with van der Waals surface area (Å²) in [7, 11) is -1.96. The molecule has 10 nitrogen and oxygen atoms in total. The molecule has 0 bridgehead atoms. The molecule has 2 N–H and O–H groups in total. The third kappa shape index (κ3) is 6.27. The zero-order valence-corrected chi connectivity index (χ0v) is 26.3. The summed E-state index contributed by atoms with van der Waals surface area (Å²) < 4.78 is 19.7. The first kappa shape index (κ1) is 29.5. The van der Waals surface area contributed by atoms with Gasteiger partial charge in [0.15, 0.2) is 13.5 Å². The van der Waals surface area contributed by atoms with E-state index >= 15 is 0 Å². The number of hydrogen-bond acceptors (Lipinski definition) is 9. The minimum Gasteiger partial charge on any atom is -0.416 e. The van der Waals surface area contributed by atoms with Crippen LogP contribution in [0.2, 0.25) is 23.3 Å². The van der Waals surface area contributed by atoms with Crippen LogP contribution in [-0.4, -0.2) is 67.1 Å². The van der Waals surface area contributed by atoms with Gasteiger partial charge in [0, 0.05) is 36.4 Å². The van der Waals surface area contributed by atoms with E-state index in [0.29, 0.717) is 67.7 Å². The summed E-state index contributed by atoms with van der Waals surface area (Å²) in [6.07, 6.45) is 1.58. The maximum absolute atomic E-state index is 10.0. The summed E-state index contributed by atoms with van der Waals surface area (Å²) in [5, 5.41) is 21.6. The molecule has 5 rings (SSSR count). The van der Waals surface area contributed by atoms with Crippen LogP contribution in [0.3, 0.4) is 0 Å². The molecule has 0 unspecified atom stereocenters. The highest BCUT2D eigenvalue weighted by atomic mass is 35.5. The zero-order chi connectivity index (χ0) is 29.4. The first-order valence-electron chi connectivity index (χ1n) is 13.9. The molecule has 1 aromatic carbocycles. The SMILES string of the molecule is CC(C)(C)[Si](C)(C)OC[C@@]1(C)CNc2c(C#N)cc(-c3ccnc(Nc4cc(Cl)nn4C[C@@H]4COCCO4)n3)cc21. The molecule has 2 aliphatic rings. The molecule has 1 fully saturated rings. The lowest BCUT2D eigenvalue weighted by molar-refractivity contribution is -0.0944. The van der Waals surface area contributed by atoms with Crippen LogP contribution >= 0.6 is 11.6 Å². The summed E-state index contributed by atoms with van der Waals surface area (Å²) in [5.74, 6) is 1.04. The molecule has 0 spiro atoms. The molecule has 3 aromatic rings. The molecule has 2 aliphatic heterocycles. The molecule has 0 aliphatic carbocycles. The van der Waals surface area contributed by atoms with Gasteiger partial charge in [-0.1, -0.05) is 39.3 Å². The van der Waals surface area contributed by atoms with Gasteiger partial charge in [-0.3, -0.25) is 0 Å². The number of nitriles is 1. The molecule has 2 aromatic heterocycles. The van der Waals surface area contributed by atoms with Crippen LogP contribution in [-0.2, 0) is 25.9 Å². The van der Waals surface area contributed by atoms with E-state index in [9.17, 15) is 5.26 Å². The Morgan fingerprint density at radius 2 is 2.10 bits per heavy atom. The third-order valence-corrected chi connectivity index (χ3v) is 13.0. The van der Waals surface area contributed by atoms with Crippen molar-refractivity contribution >= 4 is 37.4 Å². The first-order chi connectivity index (χ1) is 19.4. The van der Waals surface area contributed by atoms with Crippen molar-refractivity contribution in [2.75, 3.05) is 43.6 Å².